The molecule has 1 heterocycles. The molecule has 0 aliphatic rings. The highest BCUT2D eigenvalue weighted by molar-refractivity contribution is 9.10. The molecule has 1 aromatic rings. The van der Waals surface area contributed by atoms with Gasteiger partial charge < -0.3 is 10.2 Å². The van der Waals surface area contributed by atoms with Crippen molar-refractivity contribution in [1.29, 1.82) is 0 Å². The van der Waals surface area contributed by atoms with Crippen molar-refractivity contribution < 1.29 is 10.2 Å². The van der Waals surface area contributed by atoms with Gasteiger partial charge in [0.05, 0.1) is 29.1 Å². The minimum Gasteiger partial charge on any atom is -0.396 e. The van der Waals surface area contributed by atoms with Gasteiger partial charge in [-0.05, 0) is 35.7 Å². The molecular formula is C14H25BrN2O2. The number of aryl methyl sites for hydroxylation is 2. The lowest BCUT2D eigenvalue weighted by molar-refractivity contribution is 0.0448. The van der Waals surface area contributed by atoms with Crippen LogP contribution in [0.3, 0.4) is 0 Å². The number of hydrogen-bond acceptors (Lipinski definition) is 3. The molecule has 4 nitrogen and oxygen atoms in total. The van der Waals surface area contributed by atoms with Crippen LogP contribution < -0.4 is 0 Å². The Labute approximate surface area is 124 Å². The molecule has 0 aliphatic carbocycles. The normalized spacial score (nSPS) is 12.1. The van der Waals surface area contributed by atoms with Gasteiger partial charge in [0.2, 0.25) is 0 Å². The van der Waals surface area contributed by atoms with Gasteiger partial charge >= 0.3 is 0 Å². The molecule has 19 heavy (non-hydrogen) atoms. The number of halogens is 1. The Balaban J connectivity index is 3.11. The fourth-order valence-electron chi connectivity index (χ4n) is 2.48. The van der Waals surface area contributed by atoms with Crippen molar-refractivity contribution in [3.8, 4) is 0 Å². The maximum atomic E-state index is 9.68. The average molecular weight is 333 g/mol. The van der Waals surface area contributed by atoms with Gasteiger partial charge in [0, 0.05) is 18.4 Å². The fourth-order valence-corrected chi connectivity index (χ4v) is 3.18. The van der Waals surface area contributed by atoms with E-state index in [1.54, 1.807) is 0 Å². The molecule has 0 saturated carbocycles. The van der Waals surface area contributed by atoms with Gasteiger partial charge in [-0.25, -0.2) is 0 Å². The van der Waals surface area contributed by atoms with E-state index in [1.165, 1.54) is 0 Å². The molecule has 0 fully saturated rings. The van der Waals surface area contributed by atoms with Crippen LogP contribution in [-0.4, -0.2) is 33.2 Å². The quantitative estimate of drug-likeness (QED) is 0.769. The highest BCUT2D eigenvalue weighted by Crippen LogP contribution is 2.32. The summed E-state index contributed by atoms with van der Waals surface area (Å²) in [4.78, 5) is 0. The van der Waals surface area contributed by atoms with E-state index in [4.69, 9.17) is 0 Å². The first-order valence-corrected chi connectivity index (χ1v) is 7.82. The predicted molar refractivity (Wildman–Crippen MR) is 80.2 cm³/mol. The second kappa shape index (κ2) is 7.41. The van der Waals surface area contributed by atoms with Crippen LogP contribution in [0.15, 0.2) is 4.47 Å². The first-order valence-electron chi connectivity index (χ1n) is 7.03. The van der Waals surface area contributed by atoms with Crippen molar-refractivity contribution in [1.82, 2.24) is 9.78 Å². The van der Waals surface area contributed by atoms with Crippen molar-refractivity contribution in [3.05, 3.63) is 15.9 Å². The Kier molecular flexibility index (Phi) is 6.50. The Bertz CT molecular complexity index is 400. The molecule has 1 aromatic heterocycles. The number of nitrogens with zero attached hydrogens (tertiary/aromatic N) is 2. The first-order chi connectivity index (χ1) is 9.07. The lowest BCUT2D eigenvalue weighted by Crippen LogP contribution is -2.33. The molecule has 2 N–H and O–H groups in total. The zero-order valence-corrected chi connectivity index (χ0v) is 13.7. The molecule has 0 spiro atoms. The topological polar surface area (TPSA) is 58.3 Å². The summed E-state index contributed by atoms with van der Waals surface area (Å²) in [7, 11) is 0. The molecule has 0 unspecified atom stereocenters. The van der Waals surface area contributed by atoms with E-state index in [2.05, 4.69) is 41.8 Å². The zero-order valence-electron chi connectivity index (χ0n) is 12.1. The van der Waals surface area contributed by atoms with Crippen molar-refractivity contribution in [3.63, 3.8) is 0 Å². The summed E-state index contributed by atoms with van der Waals surface area (Å²) in [6.45, 7) is 7.01. The van der Waals surface area contributed by atoms with Gasteiger partial charge in [-0.2, -0.15) is 5.10 Å². The van der Waals surface area contributed by atoms with Crippen molar-refractivity contribution in [2.24, 2.45) is 5.41 Å². The number of aliphatic hydroxyl groups excluding tert-OH is 2. The van der Waals surface area contributed by atoms with Crippen molar-refractivity contribution in [2.75, 3.05) is 13.2 Å². The van der Waals surface area contributed by atoms with Crippen LogP contribution in [0, 0.1) is 5.41 Å². The third-order valence-electron chi connectivity index (χ3n) is 3.69. The summed E-state index contributed by atoms with van der Waals surface area (Å²) in [6, 6.07) is 0. The van der Waals surface area contributed by atoms with Crippen molar-refractivity contribution >= 4 is 15.9 Å². The highest BCUT2D eigenvalue weighted by atomic mass is 79.9. The second-order valence-electron chi connectivity index (χ2n) is 5.12. The first kappa shape index (κ1) is 16.7. The summed E-state index contributed by atoms with van der Waals surface area (Å²) in [5.74, 6) is 0. The summed E-state index contributed by atoms with van der Waals surface area (Å²) in [5, 5.41) is 23.9. The molecule has 0 saturated heterocycles. The fraction of sp³-hybridized carbons (Fsp3) is 0.786. The molecule has 0 bridgehead atoms. The number of hydrogen-bond donors (Lipinski definition) is 2. The van der Waals surface area contributed by atoms with Crippen LogP contribution in [0.1, 0.15) is 45.0 Å². The van der Waals surface area contributed by atoms with E-state index in [0.29, 0.717) is 6.42 Å². The van der Waals surface area contributed by atoms with E-state index in [9.17, 15) is 10.2 Å². The van der Waals surface area contributed by atoms with Gasteiger partial charge in [-0.3, -0.25) is 4.68 Å². The van der Waals surface area contributed by atoms with Gasteiger partial charge in [0.25, 0.3) is 0 Å². The third-order valence-corrected chi connectivity index (χ3v) is 4.60. The monoisotopic (exact) mass is 332 g/mol. The van der Waals surface area contributed by atoms with E-state index in [1.807, 2.05) is 4.68 Å². The smallest absolute Gasteiger partial charge is 0.0766 e. The lowest BCUT2D eigenvalue weighted by atomic mass is 9.80. The van der Waals surface area contributed by atoms with E-state index in [-0.39, 0.29) is 13.2 Å². The Morgan fingerprint density at radius 2 is 1.84 bits per heavy atom. The van der Waals surface area contributed by atoms with E-state index < -0.39 is 5.41 Å². The molecule has 0 aliphatic heterocycles. The van der Waals surface area contributed by atoms with Crippen LogP contribution in [0.25, 0.3) is 0 Å². The van der Waals surface area contributed by atoms with Crippen LogP contribution in [0.5, 0.6) is 0 Å². The maximum absolute atomic E-state index is 9.68. The number of rotatable bonds is 8. The molecule has 5 heteroatoms. The summed E-state index contributed by atoms with van der Waals surface area (Å²) < 4.78 is 3.00. The zero-order chi connectivity index (χ0) is 14.5. The van der Waals surface area contributed by atoms with Gasteiger partial charge in [-0.15, -0.1) is 0 Å². The van der Waals surface area contributed by atoms with Crippen LogP contribution in [0.4, 0.5) is 0 Å². The minimum absolute atomic E-state index is 0.000132. The van der Waals surface area contributed by atoms with E-state index in [0.717, 1.165) is 41.7 Å². The van der Waals surface area contributed by atoms with Gasteiger partial charge in [0.1, 0.15) is 0 Å². The average Bonchev–Trinajstić information content (AvgIpc) is 2.74. The minimum atomic E-state index is -0.449. The Hall–Kier alpha value is -0.390. The van der Waals surface area contributed by atoms with Crippen molar-refractivity contribution in [2.45, 2.75) is 53.0 Å². The number of aromatic nitrogens is 2. The lowest BCUT2D eigenvalue weighted by Gasteiger charge is -2.29. The SMILES string of the molecule is CCCC(CO)(CO)Cc1c(Br)c(CC)nn1CC. The third kappa shape index (κ3) is 3.58. The molecule has 0 amide bonds. The molecule has 1 rings (SSSR count). The Morgan fingerprint density at radius 3 is 2.26 bits per heavy atom. The summed E-state index contributed by atoms with van der Waals surface area (Å²) in [6.07, 6.45) is 3.28. The van der Waals surface area contributed by atoms with Crippen LogP contribution >= 0.6 is 15.9 Å². The number of aliphatic hydroxyl groups is 2. The standard InChI is InChI=1S/C14H25BrN2O2/c1-4-7-14(9-18,10-19)8-12-13(15)11(5-2)16-17(12)6-3/h18-19H,4-10H2,1-3H3. The predicted octanol–water partition coefficient (Wildman–Crippen LogP) is 2.54. The van der Waals surface area contributed by atoms with E-state index >= 15 is 0 Å². The molecule has 110 valence electrons. The molecule has 0 aromatic carbocycles. The summed E-state index contributed by atoms with van der Waals surface area (Å²) >= 11 is 3.62. The molecule has 0 radical (unpaired) electrons. The highest BCUT2D eigenvalue weighted by Gasteiger charge is 2.31. The summed E-state index contributed by atoms with van der Waals surface area (Å²) in [5.41, 5.74) is 1.67. The molecule has 0 atom stereocenters. The van der Waals surface area contributed by atoms with Crippen LogP contribution in [-0.2, 0) is 19.4 Å². The van der Waals surface area contributed by atoms with Gasteiger partial charge in [0.15, 0.2) is 0 Å². The largest absolute Gasteiger partial charge is 0.396 e. The Morgan fingerprint density at radius 1 is 1.21 bits per heavy atom. The maximum Gasteiger partial charge on any atom is 0.0766 e. The van der Waals surface area contributed by atoms with Crippen LogP contribution in [0.2, 0.25) is 0 Å². The molecular weight excluding hydrogens is 308 g/mol. The van der Waals surface area contributed by atoms with Gasteiger partial charge in [-0.1, -0.05) is 20.3 Å². The second-order valence-corrected chi connectivity index (χ2v) is 5.91.